The minimum Gasteiger partial charge on any atom is -0.481 e. The van der Waals surface area contributed by atoms with E-state index in [4.69, 9.17) is 16.6 Å². The Kier molecular flexibility index (Phi) is 20.3. The topological polar surface area (TPSA) is 301 Å². The number of carboxylic acid groups (broad SMARTS) is 1. The third kappa shape index (κ3) is 17.3. The molecule has 7 amide bonds. The molecule has 296 valence electrons. The van der Waals surface area contributed by atoms with E-state index in [-0.39, 0.29) is 18.8 Å². The first-order chi connectivity index (χ1) is 24.9. The monoisotopic (exact) mass is 748 g/mol. The first-order valence-electron chi connectivity index (χ1n) is 17.6. The summed E-state index contributed by atoms with van der Waals surface area (Å²) in [5.74, 6) is -7.40. The Morgan fingerprint density at radius 1 is 0.736 bits per heavy atom. The summed E-state index contributed by atoms with van der Waals surface area (Å²) in [5, 5.41) is 33.6. The lowest BCUT2D eigenvalue weighted by atomic mass is 10.0. The number of aliphatic hydroxyl groups excluding tert-OH is 1. The zero-order chi connectivity index (χ0) is 40.2. The van der Waals surface area contributed by atoms with Crippen LogP contribution >= 0.6 is 0 Å². The molecule has 0 aromatic heterocycles. The number of rotatable bonds is 24. The third-order valence-electron chi connectivity index (χ3n) is 8.00. The fourth-order valence-electron chi connectivity index (χ4n) is 5.07. The van der Waals surface area contributed by atoms with Gasteiger partial charge in [-0.15, -0.1) is 0 Å². The van der Waals surface area contributed by atoms with Crippen molar-refractivity contribution in [3.8, 4) is 0 Å². The van der Waals surface area contributed by atoms with E-state index in [2.05, 4.69) is 31.9 Å². The third-order valence-corrected chi connectivity index (χ3v) is 8.00. The molecule has 0 bridgehead atoms. The van der Waals surface area contributed by atoms with Crippen LogP contribution in [0.3, 0.4) is 0 Å². The molecule has 18 heteroatoms. The van der Waals surface area contributed by atoms with Gasteiger partial charge in [0.15, 0.2) is 0 Å². The van der Waals surface area contributed by atoms with Gasteiger partial charge in [-0.3, -0.25) is 38.4 Å². The van der Waals surface area contributed by atoms with Gasteiger partial charge in [0, 0.05) is 6.42 Å². The molecule has 1 aromatic rings. The minimum atomic E-state index is -1.59. The van der Waals surface area contributed by atoms with Crippen LogP contribution < -0.4 is 43.4 Å². The number of carbonyl (C=O) groups excluding carboxylic acids is 7. The number of primary amides is 1. The molecule has 0 aliphatic carbocycles. The van der Waals surface area contributed by atoms with Crippen molar-refractivity contribution < 1.29 is 48.6 Å². The number of nitrogens with one attached hydrogen (secondary N) is 6. The van der Waals surface area contributed by atoms with E-state index in [1.807, 2.05) is 20.8 Å². The summed E-state index contributed by atoms with van der Waals surface area (Å²) in [6.45, 7) is 7.45. The summed E-state index contributed by atoms with van der Waals surface area (Å²) in [6.07, 6.45) is 1.22. The fraction of sp³-hybridized carbons (Fsp3) is 0.600. The van der Waals surface area contributed by atoms with Gasteiger partial charge in [0.2, 0.25) is 41.4 Å². The van der Waals surface area contributed by atoms with Crippen LogP contribution in [-0.2, 0) is 44.8 Å². The van der Waals surface area contributed by atoms with E-state index < -0.39 is 109 Å². The molecular formula is C35H56N8O10. The zero-order valence-corrected chi connectivity index (χ0v) is 31.0. The Bertz CT molecular complexity index is 1410. The van der Waals surface area contributed by atoms with Crippen molar-refractivity contribution in [1.82, 2.24) is 31.9 Å². The highest BCUT2D eigenvalue weighted by Crippen LogP contribution is 2.09. The van der Waals surface area contributed by atoms with Crippen LogP contribution in [-0.4, -0.2) is 107 Å². The predicted octanol–water partition coefficient (Wildman–Crippen LogP) is -2.06. The van der Waals surface area contributed by atoms with Crippen LogP contribution in [0.4, 0.5) is 0 Å². The average molecular weight is 749 g/mol. The van der Waals surface area contributed by atoms with Crippen LogP contribution in [0.1, 0.15) is 72.3 Å². The van der Waals surface area contributed by atoms with E-state index in [1.165, 1.54) is 0 Å². The van der Waals surface area contributed by atoms with Crippen molar-refractivity contribution in [1.29, 1.82) is 0 Å². The first-order valence-corrected chi connectivity index (χ1v) is 17.6. The van der Waals surface area contributed by atoms with Crippen LogP contribution in [0.15, 0.2) is 30.3 Å². The number of benzene rings is 1. The summed E-state index contributed by atoms with van der Waals surface area (Å²) >= 11 is 0. The highest BCUT2D eigenvalue weighted by Gasteiger charge is 2.32. The van der Waals surface area contributed by atoms with Crippen molar-refractivity contribution in [2.45, 2.75) is 109 Å². The number of amides is 7. The average Bonchev–Trinajstić information content (AvgIpc) is 3.08. The molecule has 1 aromatic carbocycles. The number of nitrogens with two attached hydrogens (primary N) is 2. The largest absolute Gasteiger partial charge is 0.481 e. The molecule has 0 heterocycles. The molecule has 0 aliphatic rings. The Hall–Kier alpha value is -5.10. The number of carboxylic acids is 1. The SMILES string of the molecule is CCCC[C@H](NC(=O)[C@H](CC(C)C)NC(=O)CNC(=O)[C@@H](NC(=O)[C@@H](Cc1ccccc1)NC(=O)[C@H](CO)NC(=O)[C@@H](N)CC(=O)O)C(C)C)C(N)=O. The first kappa shape index (κ1) is 45.9. The predicted molar refractivity (Wildman–Crippen MR) is 193 cm³/mol. The van der Waals surface area contributed by atoms with E-state index in [1.54, 1.807) is 44.2 Å². The van der Waals surface area contributed by atoms with Gasteiger partial charge < -0.3 is 53.6 Å². The molecule has 12 N–H and O–H groups in total. The summed E-state index contributed by atoms with van der Waals surface area (Å²) in [6, 6.07) is 1.01. The van der Waals surface area contributed by atoms with Crippen molar-refractivity contribution in [2.75, 3.05) is 13.2 Å². The van der Waals surface area contributed by atoms with Crippen LogP contribution in [0.5, 0.6) is 0 Å². The summed E-state index contributed by atoms with van der Waals surface area (Å²) < 4.78 is 0. The van der Waals surface area contributed by atoms with Gasteiger partial charge in [0.05, 0.1) is 25.6 Å². The second kappa shape index (κ2) is 23.5. The van der Waals surface area contributed by atoms with E-state index in [0.717, 1.165) is 6.42 Å². The smallest absolute Gasteiger partial charge is 0.305 e. The van der Waals surface area contributed by atoms with Gasteiger partial charge in [-0.25, -0.2) is 0 Å². The Morgan fingerprint density at radius 2 is 1.30 bits per heavy atom. The lowest BCUT2D eigenvalue weighted by molar-refractivity contribution is -0.140. The highest BCUT2D eigenvalue weighted by atomic mass is 16.4. The molecule has 0 radical (unpaired) electrons. The Morgan fingerprint density at radius 3 is 1.83 bits per heavy atom. The molecule has 0 fully saturated rings. The number of aliphatic carboxylic acids is 1. The van der Waals surface area contributed by atoms with Crippen LogP contribution in [0.25, 0.3) is 0 Å². The number of hydrogen-bond acceptors (Lipinski definition) is 10. The lowest BCUT2D eigenvalue weighted by Crippen LogP contribution is -2.60. The highest BCUT2D eigenvalue weighted by molar-refractivity contribution is 5.97. The second-order valence-electron chi connectivity index (χ2n) is 13.5. The molecule has 18 nitrogen and oxygen atoms in total. The van der Waals surface area contributed by atoms with Crippen molar-refractivity contribution in [2.24, 2.45) is 23.3 Å². The molecule has 0 spiro atoms. The van der Waals surface area contributed by atoms with E-state index in [0.29, 0.717) is 18.4 Å². The maximum absolute atomic E-state index is 13.6. The molecule has 6 atom stereocenters. The molecule has 0 unspecified atom stereocenters. The number of unbranched alkanes of at least 4 members (excludes halogenated alkanes) is 1. The standard InChI is InChI=1S/C35H56N8O10/c1-6-7-13-23(30(37)48)40-32(50)24(14-19(2)3)39-27(45)17-38-35(53)29(20(4)5)43-33(51)25(15-21-11-9-8-10-12-21)41-34(52)26(18-44)42-31(49)22(36)16-28(46)47/h8-12,19-20,22-26,29,44H,6-7,13-18,36H2,1-5H3,(H2,37,48)(H,38,53)(H,39,45)(H,40,50)(H,41,52)(H,42,49)(H,43,51)(H,46,47)/t22-,23-,24-,25+,26-,29-/m0/s1. The lowest BCUT2D eigenvalue weighted by Gasteiger charge is -2.27. The number of carbonyl (C=O) groups is 8. The molecule has 1 rings (SSSR count). The van der Waals surface area contributed by atoms with Crippen LogP contribution in [0, 0.1) is 11.8 Å². The van der Waals surface area contributed by atoms with Gasteiger partial charge in [-0.05, 0) is 30.2 Å². The van der Waals surface area contributed by atoms with E-state index in [9.17, 15) is 43.5 Å². The van der Waals surface area contributed by atoms with Gasteiger partial charge in [-0.2, -0.15) is 0 Å². The normalized spacial score (nSPS) is 14.4. The summed E-state index contributed by atoms with van der Waals surface area (Å²) in [4.78, 5) is 101. The van der Waals surface area contributed by atoms with Gasteiger partial charge in [-0.1, -0.05) is 77.8 Å². The van der Waals surface area contributed by atoms with Crippen molar-refractivity contribution >= 4 is 47.3 Å². The Balaban J connectivity index is 3.07. The Labute approximate surface area is 309 Å². The number of aliphatic hydroxyl groups is 1. The zero-order valence-electron chi connectivity index (χ0n) is 31.0. The molecule has 0 aliphatic heterocycles. The summed E-state index contributed by atoms with van der Waals surface area (Å²) in [5.41, 5.74) is 11.6. The summed E-state index contributed by atoms with van der Waals surface area (Å²) in [7, 11) is 0. The fourth-order valence-corrected chi connectivity index (χ4v) is 5.07. The molecular weight excluding hydrogens is 692 g/mol. The maximum atomic E-state index is 13.6. The van der Waals surface area contributed by atoms with Crippen molar-refractivity contribution in [3.05, 3.63) is 35.9 Å². The molecule has 0 saturated heterocycles. The van der Waals surface area contributed by atoms with Crippen LogP contribution in [0.2, 0.25) is 0 Å². The minimum absolute atomic E-state index is 0.0217. The van der Waals surface area contributed by atoms with Gasteiger partial charge in [0.1, 0.15) is 30.2 Å². The maximum Gasteiger partial charge on any atom is 0.305 e. The van der Waals surface area contributed by atoms with Gasteiger partial charge >= 0.3 is 5.97 Å². The molecule has 53 heavy (non-hydrogen) atoms. The second-order valence-corrected chi connectivity index (χ2v) is 13.5. The van der Waals surface area contributed by atoms with Crippen molar-refractivity contribution in [3.63, 3.8) is 0 Å². The van der Waals surface area contributed by atoms with Gasteiger partial charge in [0.25, 0.3) is 0 Å². The van der Waals surface area contributed by atoms with E-state index >= 15 is 0 Å². The quantitative estimate of drug-likeness (QED) is 0.0548. The molecule has 0 saturated carbocycles. The number of hydrogen-bond donors (Lipinski definition) is 10.